The van der Waals surface area contributed by atoms with Crippen LogP contribution in [0.25, 0.3) is 6.08 Å². The predicted molar refractivity (Wildman–Crippen MR) is 113 cm³/mol. The molecule has 0 spiro atoms. The number of carbonyl (C=O) groups excluding carboxylic acids is 2. The van der Waals surface area contributed by atoms with Crippen LogP contribution in [0.2, 0.25) is 0 Å². The zero-order chi connectivity index (χ0) is 19.9. The summed E-state index contributed by atoms with van der Waals surface area (Å²) >= 11 is 4.86. The van der Waals surface area contributed by atoms with E-state index in [1.165, 1.54) is 11.3 Å². The van der Waals surface area contributed by atoms with Gasteiger partial charge in [-0.1, -0.05) is 13.8 Å². The summed E-state index contributed by atoms with van der Waals surface area (Å²) in [4.78, 5) is 26.8. The fraction of sp³-hybridized carbons (Fsp3) is 0.476. The van der Waals surface area contributed by atoms with Crippen molar-refractivity contribution in [2.45, 2.75) is 58.9 Å². The number of nitrogens with zero attached hydrogens (tertiary/aromatic N) is 1. The maximum Gasteiger partial charge on any atom is 0.263 e. The SMILES string of the molecule is CCCN1c2cc(C)c(C=C3C(=O)NC(=S)NC3=O)cc2C(C)CC1(C)C. The minimum absolute atomic E-state index is 0.0513. The lowest BCUT2D eigenvalue weighted by Crippen LogP contribution is -2.51. The molecule has 3 rings (SSSR count). The molecule has 2 aliphatic rings. The van der Waals surface area contributed by atoms with Crippen LogP contribution < -0.4 is 15.5 Å². The van der Waals surface area contributed by atoms with E-state index in [2.05, 4.69) is 55.4 Å². The molecule has 5 nitrogen and oxygen atoms in total. The molecule has 27 heavy (non-hydrogen) atoms. The molecular weight excluding hydrogens is 358 g/mol. The van der Waals surface area contributed by atoms with Crippen LogP contribution in [0.1, 0.15) is 63.1 Å². The Balaban J connectivity index is 2.08. The van der Waals surface area contributed by atoms with E-state index in [-0.39, 0.29) is 16.2 Å². The van der Waals surface area contributed by atoms with E-state index in [0.717, 1.165) is 30.5 Å². The first kappa shape index (κ1) is 19.5. The van der Waals surface area contributed by atoms with Crippen LogP contribution in [-0.4, -0.2) is 29.0 Å². The summed E-state index contributed by atoms with van der Waals surface area (Å²) in [7, 11) is 0. The van der Waals surface area contributed by atoms with Gasteiger partial charge in [0.05, 0.1) is 0 Å². The topological polar surface area (TPSA) is 61.4 Å². The molecule has 0 aliphatic carbocycles. The van der Waals surface area contributed by atoms with Gasteiger partial charge in [0.2, 0.25) is 0 Å². The Bertz CT molecular complexity index is 835. The number of thiocarbonyl (C=S) groups is 1. The van der Waals surface area contributed by atoms with Crippen LogP contribution in [0.5, 0.6) is 0 Å². The van der Waals surface area contributed by atoms with E-state index in [1.54, 1.807) is 6.08 Å². The van der Waals surface area contributed by atoms with Gasteiger partial charge in [-0.25, -0.2) is 0 Å². The third-order valence-electron chi connectivity index (χ3n) is 5.46. The highest BCUT2D eigenvalue weighted by Gasteiger charge is 2.36. The van der Waals surface area contributed by atoms with Crippen molar-refractivity contribution in [3.8, 4) is 0 Å². The van der Waals surface area contributed by atoms with Gasteiger partial charge in [0.15, 0.2) is 5.11 Å². The Morgan fingerprint density at radius 2 is 1.89 bits per heavy atom. The van der Waals surface area contributed by atoms with Gasteiger partial charge in [-0.15, -0.1) is 0 Å². The minimum atomic E-state index is -0.456. The molecule has 1 saturated heterocycles. The fourth-order valence-electron chi connectivity index (χ4n) is 4.22. The summed E-state index contributed by atoms with van der Waals surface area (Å²) in [6.07, 6.45) is 3.81. The molecule has 0 bridgehead atoms. The van der Waals surface area contributed by atoms with Gasteiger partial charge in [-0.2, -0.15) is 0 Å². The van der Waals surface area contributed by atoms with Crippen molar-refractivity contribution in [2.75, 3.05) is 11.4 Å². The molecule has 1 atom stereocenters. The summed E-state index contributed by atoms with van der Waals surface area (Å²) in [6, 6.07) is 4.33. The highest BCUT2D eigenvalue weighted by atomic mass is 32.1. The number of hydrogen-bond acceptors (Lipinski definition) is 4. The molecule has 2 heterocycles. The number of anilines is 1. The molecule has 1 fully saturated rings. The predicted octanol–water partition coefficient (Wildman–Crippen LogP) is 3.41. The zero-order valence-electron chi connectivity index (χ0n) is 16.6. The number of amides is 2. The van der Waals surface area contributed by atoms with Crippen LogP contribution in [0.3, 0.4) is 0 Å². The second-order valence-electron chi connectivity index (χ2n) is 8.13. The van der Waals surface area contributed by atoms with Crippen LogP contribution in [0, 0.1) is 6.92 Å². The lowest BCUT2D eigenvalue weighted by molar-refractivity contribution is -0.123. The third-order valence-corrected chi connectivity index (χ3v) is 5.67. The van der Waals surface area contributed by atoms with E-state index in [1.807, 2.05) is 6.92 Å². The van der Waals surface area contributed by atoms with Gasteiger partial charge in [-0.3, -0.25) is 20.2 Å². The van der Waals surface area contributed by atoms with Crippen LogP contribution >= 0.6 is 12.2 Å². The highest BCUT2D eigenvalue weighted by molar-refractivity contribution is 7.80. The Kier molecular flexibility index (Phi) is 5.12. The lowest BCUT2D eigenvalue weighted by atomic mass is 9.78. The molecule has 2 N–H and O–H groups in total. The first-order valence-corrected chi connectivity index (χ1v) is 9.85. The number of benzene rings is 1. The first-order valence-electron chi connectivity index (χ1n) is 9.44. The van der Waals surface area contributed by atoms with E-state index < -0.39 is 11.8 Å². The molecule has 1 unspecified atom stereocenters. The summed E-state index contributed by atoms with van der Waals surface area (Å²) in [5, 5.41) is 5.03. The highest BCUT2D eigenvalue weighted by Crippen LogP contribution is 2.44. The summed E-state index contributed by atoms with van der Waals surface area (Å²) in [5.41, 5.74) is 4.66. The number of rotatable bonds is 3. The molecule has 1 aromatic carbocycles. The molecule has 144 valence electrons. The average molecular weight is 386 g/mol. The van der Waals surface area contributed by atoms with E-state index >= 15 is 0 Å². The number of fused-ring (bicyclic) bond motifs is 1. The summed E-state index contributed by atoms with van der Waals surface area (Å²) < 4.78 is 0. The van der Waals surface area contributed by atoms with Crippen molar-refractivity contribution in [1.29, 1.82) is 0 Å². The number of nitrogens with one attached hydrogen (secondary N) is 2. The Labute approximate surface area is 166 Å². The van der Waals surface area contributed by atoms with Gasteiger partial charge in [0.25, 0.3) is 11.8 Å². The van der Waals surface area contributed by atoms with E-state index in [4.69, 9.17) is 12.2 Å². The van der Waals surface area contributed by atoms with Gasteiger partial charge < -0.3 is 4.90 Å². The molecule has 1 aromatic rings. The summed E-state index contributed by atoms with van der Waals surface area (Å²) in [6.45, 7) is 12.1. The van der Waals surface area contributed by atoms with Crippen LogP contribution in [-0.2, 0) is 9.59 Å². The largest absolute Gasteiger partial charge is 0.366 e. The molecule has 0 aromatic heterocycles. The molecule has 2 aliphatic heterocycles. The average Bonchev–Trinajstić information content (AvgIpc) is 2.55. The van der Waals surface area contributed by atoms with Crippen LogP contribution in [0.4, 0.5) is 5.69 Å². The summed E-state index contributed by atoms with van der Waals surface area (Å²) in [5.74, 6) is -0.507. The molecule has 0 radical (unpaired) electrons. The molecular formula is C21H27N3O2S. The zero-order valence-corrected chi connectivity index (χ0v) is 17.4. The smallest absolute Gasteiger partial charge is 0.263 e. The quantitative estimate of drug-likeness (QED) is 0.476. The minimum Gasteiger partial charge on any atom is -0.366 e. The van der Waals surface area contributed by atoms with Gasteiger partial charge in [-0.05, 0) is 86.6 Å². The number of hydrogen-bond donors (Lipinski definition) is 2. The monoisotopic (exact) mass is 385 g/mol. The van der Waals surface area contributed by atoms with Gasteiger partial charge >= 0.3 is 0 Å². The Morgan fingerprint density at radius 1 is 1.26 bits per heavy atom. The van der Waals surface area contributed by atoms with E-state index in [0.29, 0.717) is 5.92 Å². The second kappa shape index (κ2) is 7.08. The molecule has 0 saturated carbocycles. The Hall–Kier alpha value is -2.21. The van der Waals surface area contributed by atoms with Crippen molar-refractivity contribution in [3.05, 3.63) is 34.4 Å². The van der Waals surface area contributed by atoms with Gasteiger partial charge in [0, 0.05) is 17.8 Å². The maximum absolute atomic E-state index is 12.2. The van der Waals surface area contributed by atoms with Crippen molar-refractivity contribution < 1.29 is 9.59 Å². The second-order valence-corrected chi connectivity index (χ2v) is 8.54. The third kappa shape index (κ3) is 3.63. The Morgan fingerprint density at radius 3 is 2.48 bits per heavy atom. The van der Waals surface area contributed by atoms with Crippen molar-refractivity contribution in [1.82, 2.24) is 10.6 Å². The van der Waals surface area contributed by atoms with Crippen molar-refractivity contribution >= 4 is 40.9 Å². The standard InChI is InChI=1S/C21H27N3O2S/c1-6-7-24-17-8-12(2)14(9-15(17)13(3)11-21(24,4)5)10-16-18(25)22-20(27)23-19(16)26/h8-10,13H,6-7,11H2,1-5H3,(H2,22,23,25,26,27). The van der Waals surface area contributed by atoms with Crippen molar-refractivity contribution in [2.24, 2.45) is 0 Å². The number of aryl methyl sites for hydroxylation is 1. The maximum atomic E-state index is 12.2. The molecule has 2 amide bonds. The van der Waals surface area contributed by atoms with Gasteiger partial charge in [0.1, 0.15) is 5.57 Å². The van der Waals surface area contributed by atoms with Crippen LogP contribution in [0.15, 0.2) is 17.7 Å². The van der Waals surface area contributed by atoms with E-state index in [9.17, 15) is 9.59 Å². The number of carbonyl (C=O) groups is 2. The fourth-order valence-corrected chi connectivity index (χ4v) is 4.40. The lowest BCUT2D eigenvalue weighted by Gasteiger charge is -2.48. The normalized spacial score (nSPS) is 21.5. The first-order chi connectivity index (χ1) is 12.6. The van der Waals surface area contributed by atoms with Crippen molar-refractivity contribution in [3.63, 3.8) is 0 Å². The molecule has 6 heteroatoms.